The summed E-state index contributed by atoms with van der Waals surface area (Å²) in [6.45, 7) is 1.86. The average Bonchev–Trinajstić information content (AvgIpc) is 2.71. The van der Waals surface area contributed by atoms with Crippen LogP contribution in [-0.2, 0) is 0 Å². The molecule has 13 heavy (non-hydrogen) atoms. The second-order valence-electron chi connectivity index (χ2n) is 3.61. The third-order valence-electron chi connectivity index (χ3n) is 2.75. The monoisotopic (exact) mass is 181 g/mol. The zero-order valence-corrected chi connectivity index (χ0v) is 8.08. The van der Waals surface area contributed by atoms with Crippen molar-refractivity contribution in [2.24, 2.45) is 0 Å². The van der Waals surface area contributed by atoms with E-state index in [0.717, 1.165) is 18.1 Å². The first-order chi connectivity index (χ1) is 6.31. The van der Waals surface area contributed by atoms with Crippen molar-refractivity contribution in [2.75, 3.05) is 7.05 Å². The summed E-state index contributed by atoms with van der Waals surface area (Å²) in [6, 6.07) is 0.514. The number of nitrogens with zero attached hydrogens (tertiary/aromatic N) is 2. The van der Waals surface area contributed by atoms with Gasteiger partial charge in [0, 0.05) is 6.04 Å². The second kappa shape index (κ2) is 3.46. The van der Waals surface area contributed by atoms with Gasteiger partial charge in [-0.25, -0.2) is 0 Å². The molecule has 4 nitrogen and oxygen atoms in total. The number of likely N-dealkylation sites (N-methyl/N-ethyl adjacent to an activating group) is 1. The predicted octanol–water partition coefficient (Wildman–Crippen LogP) is 1.23. The number of hydrogen-bond acceptors (Lipinski definition) is 4. The lowest BCUT2D eigenvalue weighted by atomic mass is 10.0. The van der Waals surface area contributed by atoms with E-state index in [9.17, 15) is 0 Å². The van der Waals surface area contributed by atoms with Gasteiger partial charge < -0.3 is 9.84 Å². The Labute approximate surface area is 77.7 Å². The lowest BCUT2D eigenvalue weighted by Crippen LogP contribution is -2.27. The van der Waals surface area contributed by atoms with Crippen molar-refractivity contribution in [3.05, 3.63) is 11.7 Å². The summed E-state index contributed by atoms with van der Waals surface area (Å²) < 4.78 is 5.18. The van der Waals surface area contributed by atoms with E-state index >= 15 is 0 Å². The van der Waals surface area contributed by atoms with Gasteiger partial charge in [0.05, 0.1) is 5.92 Å². The highest BCUT2D eigenvalue weighted by molar-refractivity contribution is 5.01. The summed E-state index contributed by atoms with van der Waals surface area (Å²) >= 11 is 0. The third-order valence-corrected chi connectivity index (χ3v) is 2.75. The number of hydrogen-bond donors (Lipinski definition) is 1. The quantitative estimate of drug-likeness (QED) is 0.745. The van der Waals surface area contributed by atoms with Crippen molar-refractivity contribution in [1.29, 1.82) is 0 Å². The molecule has 1 N–H and O–H groups in total. The van der Waals surface area contributed by atoms with Gasteiger partial charge in [-0.2, -0.15) is 4.98 Å². The molecule has 0 spiro atoms. The summed E-state index contributed by atoms with van der Waals surface area (Å²) in [4.78, 5) is 4.27. The van der Waals surface area contributed by atoms with Crippen LogP contribution < -0.4 is 5.32 Å². The molecule has 1 aromatic rings. The minimum Gasteiger partial charge on any atom is -0.339 e. The maximum atomic E-state index is 5.18. The molecular weight excluding hydrogens is 166 g/mol. The SMILES string of the molecule is CN[C@@H]1CCC[C@H]1c1nc(C)no1. The maximum Gasteiger partial charge on any atom is 0.231 e. The molecule has 1 saturated carbocycles. The van der Waals surface area contributed by atoms with E-state index in [1.807, 2.05) is 14.0 Å². The first-order valence-corrected chi connectivity index (χ1v) is 4.78. The van der Waals surface area contributed by atoms with E-state index in [-0.39, 0.29) is 0 Å². The van der Waals surface area contributed by atoms with Gasteiger partial charge in [0.2, 0.25) is 5.89 Å². The Hall–Kier alpha value is -0.900. The van der Waals surface area contributed by atoms with Gasteiger partial charge in [-0.3, -0.25) is 0 Å². The van der Waals surface area contributed by atoms with E-state index in [0.29, 0.717) is 12.0 Å². The zero-order valence-electron chi connectivity index (χ0n) is 8.08. The van der Waals surface area contributed by atoms with E-state index in [2.05, 4.69) is 15.5 Å². The number of rotatable bonds is 2. The normalized spacial score (nSPS) is 28.2. The van der Waals surface area contributed by atoms with E-state index in [1.165, 1.54) is 12.8 Å². The standard InChI is InChI=1S/C9H15N3O/c1-6-11-9(13-12-6)7-4-3-5-8(7)10-2/h7-8,10H,3-5H2,1-2H3/t7-,8-/m1/s1. The van der Waals surface area contributed by atoms with Crippen molar-refractivity contribution in [2.45, 2.75) is 38.1 Å². The molecule has 0 amide bonds. The molecule has 0 unspecified atom stereocenters. The maximum absolute atomic E-state index is 5.18. The smallest absolute Gasteiger partial charge is 0.231 e. The number of aromatic nitrogens is 2. The highest BCUT2D eigenvalue weighted by Crippen LogP contribution is 2.33. The van der Waals surface area contributed by atoms with Crippen LogP contribution in [-0.4, -0.2) is 23.2 Å². The highest BCUT2D eigenvalue weighted by Gasteiger charge is 2.31. The van der Waals surface area contributed by atoms with Crippen molar-refractivity contribution in [3.63, 3.8) is 0 Å². The van der Waals surface area contributed by atoms with Crippen LogP contribution in [0.25, 0.3) is 0 Å². The van der Waals surface area contributed by atoms with Gasteiger partial charge in [0.15, 0.2) is 5.82 Å². The molecular formula is C9H15N3O. The predicted molar refractivity (Wildman–Crippen MR) is 48.5 cm³/mol. The van der Waals surface area contributed by atoms with Gasteiger partial charge in [0.1, 0.15) is 0 Å². The van der Waals surface area contributed by atoms with Crippen molar-refractivity contribution >= 4 is 0 Å². The minimum atomic E-state index is 0.422. The fourth-order valence-electron chi connectivity index (χ4n) is 2.06. The molecule has 0 saturated heterocycles. The molecule has 1 aromatic heterocycles. The van der Waals surface area contributed by atoms with Gasteiger partial charge >= 0.3 is 0 Å². The topological polar surface area (TPSA) is 51.0 Å². The van der Waals surface area contributed by atoms with Crippen LogP contribution in [0.4, 0.5) is 0 Å². The number of aryl methyl sites for hydroxylation is 1. The summed E-state index contributed by atoms with van der Waals surface area (Å²) in [5.41, 5.74) is 0. The Kier molecular flexibility index (Phi) is 2.31. The van der Waals surface area contributed by atoms with Crippen LogP contribution in [0.1, 0.15) is 36.9 Å². The largest absolute Gasteiger partial charge is 0.339 e. The van der Waals surface area contributed by atoms with Gasteiger partial charge in [-0.1, -0.05) is 11.6 Å². The van der Waals surface area contributed by atoms with Crippen molar-refractivity contribution < 1.29 is 4.52 Å². The molecule has 2 rings (SSSR count). The highest BCUT2D eigenvalue weighted by atomic mass is 16.5. The Morgan fingerprint density at radius 2 is 2.31 bits per heavy atom. The van der Waals surface area contributed by atoms with Crippen molar-refractivity contribution in [1.82, 2.24) is 15.5 Å². The first kappa shape index (κ1) is 8.69. The van der Waals surface area contributed by atoms with Crippen molar-refractivity contribution in [3.8, 4) is 0 Å². The molecule has 0 bridgehead atoms. The van der Waals surface area contributed by atoms with Crippen LogP contribution >= 0.6 is 0 Å². The van der Waals surface area contributed by atoms with Gasteiger partial charge in [-0.05, 0) is 26.8 Å². The van der Waals surface area contributed by atoms with Crippen LogP contribution in [0.15, 0.2) is 4.52 Å². The van der Waals surface area contributed by atoms with Gasteiger partial charge in [0.25, 0.3) is 0 Å². The average molecular weight is 181 g/mol. The summed E-state index contributed by atoms with van der Waals surface area (Å²) in [5, 5.41) is 7.11. The second-order valence-corrected chi connectivity index (χ2v) is 3.61. The Morgan fingerprint density at radius 1 is 1.46 bits per heavy atom. The number of nitrogens with one attached hydrogen (secondary N) is 1. The summed E-state index contributed by atoms with van der Waals surface area (Å²) in [6.07, 6.45) is 3.62. The molecule has 1 heterocycles. The van der Waals surface area contributed by atoms with Crippen LogP contribution in [0, 0.1) is 6.92 Å². The Bertz CT molecular complexity index is 284. The molecule has 0 aliphatic heterocycles. The Morgan fingerprint density at radius 3 is 2.92 bits per heavy atom. The molecule has 4 heteroatoms. The lowest BCUT2D eigenvalue weighted by Gasteiger charge is -2.14. The Balaban J connectivity index is 2.15. The fraction of sp³-hybridized carbons (Fsp3) is 0.778. The molecule has 2 atom stereocenters. The molecule has 72 valence electrons. The minimum absolute atomic E-state index is 0.422. The molecule has 1 aliphatic rings. The molecule has 1 aliphatic carbocycles. The lowest BCUT2D eigenvalue weighted by molar-refractivity contribution is 0.333. The van der Waals surface area contributed by atoms with E-state index in [1.54, 1.807) is 0 Å². The molecule has 0 radical (unpaired) electrons. The molecule has 0 aromatic carbocycles. The summed E-state index contributed by atoms with van der Waals surface area (Å²) in [7, 11) is 1.99. The van der Waals surface area contributed by atoms with E-state index in [4.69, 9.17) is 4.52 Å². The van der Waals surface area contributed by atoms with Crippen LogP contribution in [0.3, 0.4) is 0 Å². The first-order valence-electron chi connectivity index (χ1n) is 4.78. The van der Waals surface area contributed by atoms with Crippen LogP contribution in [0.5, 0.6) is 0 Å². The van der Waals surface area contributed by atoms with Gasteiger partial charge in [-0.15, -0.1) is 0 Å². The molecule has 1 fully saturated rings. The van der Waals surface area contributed by atoms with Crippen LogP contribution in [0.2, 0.25) is 0 Å². The van der Waals surface area contributed by atoms with E-state index < -0.39 is 0 Å². The third kappa shape index (κ3) is 1.58. The zero-order chi connectivity index (χ0) is 9.26. The fourth-order valence-corrected chi connectivity index (χ4v) is 2.06. The summed E-state index contributed by atoms with van der Waals surface area (Å²) in [5.74, 6) is 1.96.